The van der Waals surface area contributed by atoms with Gasteiger partial charge in [-0.1, -0.05) is 34.3 Å². The number of Topliss-reactive ketones (excluding diaryl/α,β-unsaturated/α-hetero) is 7. The first kappa shape index (κ1) is 69.2. The van der Waals surface area contributed by atoms with E-state index in [2.05, 4.69) is 6.58 Å². The number of esters is 4. The molecule has 0 saturated carbocycles. The summed E-state index contributed by atoms with van der Waals surface area (Å²) in [4.78, 5) is 144. The van der Waals surface area contributed by atoms with E-state index < -0.39 is 60.5 Å². The first-order valence-electron chi connectivity index (χ1n) is 29.6. The zero-order chi connectivity index (χ0) is 63.7. The molecule has 4 aromatic carbocycles. The molecule has 0 radical (unpaired) electrons. The summed E-state index contributed by atoms with van der Waals surface area (Å²) in [6.07, 6.45) is 0.806. The van der Waals surface area contributed by atoms with Gasteiger partial charge in [-0.2, -0.15) is 0 Å². The predicted molar refractivity (Wildman–Crippen MR) is 320 cm³/mol. The minimum atomic E-state index is -0.773. The summed E-state index contributed by atoms with van der Waals surface area (Å²) in [5.41, 5.74) is 4.62. The van der Waals surface area contributed by atoms with E-state index >= 15 is 0 Å². The van der Waals surface area contributed by atoms with Crippen molar-refractivity contribution in [3.63, 3.8) is 0 Å². The lowest BCUT2D eigenvalue weighted by molar-refractivity contribution is -0.147. The first-order valence-corrected chi connectivity index (χ1v) is 29.6. The van der Waals surface area contributed by atoms with Gasteiger partial charge in [-0.15, -0.1) is 0 Å². The number of hydrogen-bond acceptors (Lipinski definition) is 19. The maximum Gasteiger partial charge on any atom is 0.333 e. The fourth-order valence-corrected chi connectivity index (χ4v) is 9.82. The summed E-state index contributed by atoms with van der Waals surface area (Å²) in [6, 6.07) is 13.5. The van der Waals surface area contributed by atoms with Crippen LogP contribution in [0.2, 0.25) is 0 Å². The summed E-state index contributed by atoms with van der Waals surface area (Å²) in [5.74, 6) is -4.12. The molecule has 5 rings (SSSR count). The van der Waals surface area contributed by atoms with E-state index in [4.69, 9.17) is 37.9 Å². The van der Waals surface area contributed by atoms with Gasteiger partial charge in [0.2, 0.25) is 0 Å². The van der Waals surface area contributed by atoms with Crippen LogP contribution in [-0.4, -0.2) is 117 Å². The predicted octanol–water partition coefficient (Wildman–Crippen LogP) is 10.5. The second-order valence-electron chi connectivity index (χ2n) is 21.5. The van der Waals surface area contributed by atoms with E-state index in [-0.39, 0.29) is 161 Å². The topological polar surface area (TPSA) is 262 Å². The third-order valence-corrected chi connectivity index (χ3v) is 13.6. The maximum absolute atomic E-state index is 14.3. The van der Waals surface area contributed by atoms with Crippen LogP contribution in [0.1, 0.15) is 212 Å². The van der Waals surface area contributed by atoms with Gasteiger partial charge >= 0.3 is 23.9 Å². The van der Waals surface area contributed by atoms with E-state index in [1.54, 1.807) is 48.5 Å². The number of hydrogen-bond donors (Lipinski definition) is 0. The van der Waals surface area contributed by atoms with Crippen molar-refractivity contribution < 1.29 is 90.6 Å². The Morgan fingerprint density at radius 1 is 0.333 bits per heavy atom. The van der Waals surface area contributed by atoms with Gasteiger partial charge in [0.15, 0.2) is 23.1 Å². The van der Waals surface area contributed by atoms with Crippen LogP contribution in [-0.2, 0) is 78.2 Å². The quantitative estimate of drug-likeness (QED) is 0.00911. The standard InChI is InChI=1S/C68H80O19/c1-10-14-57(72)45-29-49-37-51-31-46(58(73)15-11-2)33-53(65(51)84-22-19-81-62(77)27-43(8)70)39-55-35-48(60(75)17-13-4)36-56(67(55)86-24-25-87-68(79)41(5)6)40-54-34-47(59(74)16-12-3)32-52(66(54)85-23-20-82-63(78)28-44(9)71)38-50(30-45)64(49)83-21-18-80-61(76)26-42(7)69/h29-36H,5,10-28,37-40H2,1-4,6-9H3. The van der Waals surface area contributed by atoms with Gasteiger partial charge in [0.25, 0.3) is 0 Å². The van der Waals surface area contributed by atoms with Crippen molar-refractivity contribution in [2.45, 2.75) is 152 Å². The first-order chi connectivity index (χ1) is 41.5. The lowest BCUT2D eigenvalue weighted by Crippen LogP contribution is -2.18. The molecule has 0 N–H and O–H groups in total. The fraction of sp³-hybridized carbons (Fsp3) is 0.456. The van der Waals surface area contributed by atoms with E-state index in [0.717, 1.165) is 0 Å². The van der Waals surface area contributed by atoms with Crippen LogP contribution in [0, 0.1) is 0 Å². The van der Waals surface area contributed by atoms with Crippen molar-refractivity contribution in [2.75, 3.05) is 52.9 Å². The van der Waals surface area contributed by atoms with E-state index in [0.29, 0.717) is 86.9 Å². The normalized spacial score (nSPS) is 11.5. The Labute approximate surface area is 508 Å². The van der Waals surface area contributed by atoms with Gasteiger partial charge in [-0.3, -0.25) is 47.9 Å². The number of benzene rings is 4. The average Bonchev–Trinajstić information content (AvgIpc) is 1.70. The monoisotopic (exact) mass is 1200 g/mol. The Morgan fingerprint density at radius 3 is 0.724 bits per heavy atom. The second kappa shape index (κ2) is 34.5. The Bertz CT molecular complexity index is 3100. The molecular weight excluding hydrogens is 1120 g/mol. The van der Waals surface area contributed by atoms with Gasteiger partial charge < -0.3 is 37.9 Å². The maximum atomic E-state index is 14.3. The van der Waals surface area contributed by atoms with Gasteiger partial charge in [0.05, 0.1) is 0 Å². The van der Waals surface area contributed by atoms with E-state index in [1.807, 2.05) is 27.7 Å². The van der Waals surface area contributed by atoms with Crippen LogP contribution in [0.15, 0.2) is 60.7 Å². The second-order valence-corrected chi connectivity index (χ2v) is 21.5. The van der Waals surface area contributed by atoms with Crippen molar-refractivity contribution >= 4 is 64.4 Å². The van der Waals surface area contributed by atoms with Crippen molar-refractivity contribution in [3.8, 4) is 23.0 Å². The molecule has 1 aliphatic rings. The number of fused-ring (bicyclic) bond motifs is 8. The van der Waals surface area contributed by atoms with Crippen LogP contribution in [0.4, 0.5) is 0 Å². The van der Waals surface area contributed by atoms with Crippen LogP contribution >= 0.6 is 0 Å². The molecule has 0 saturated heterocycles. The molecule has 0 heterocycles. The molecule has 0 aliphatic heterocycles. The highest BCUT2D eigenvalue weighted by molar-refractivity contribution is 6.00. The summed E-state index contributed by atoms with van der Waals surface area (Å²) in [5, 5.41) is 0. The lowest BCUT2D eigenvalue weighted by Gasteiger charge is -2.25. The molecule has 0 amide bonds. The lowest BCUT2D eigenvalue weighted by atomic mass is 9.86. The third kappa shape index (κ3) is 21.4. The van der Waals surface area contributed by atoms with Crippen LogP contribution in [0.5, 0.6) is 23.0 Å². The number of rotatable bonds is 35. The minimum Gasteiger partial charge on any atom is -0.489 e. The highest BCUT2D eigenvalue weighted by Crippen LogP contribution is 2.42. The Morgan fingerprint density at radius 2 is 0.540 bits per heavy atom. The molecule has 0 spiro atoms. The molecule has 0 unspecified atom stereocenters. The Hall–Kier alpha value is -8.61. The molecule has 4 aromatic rings. The fourth-order valence-electron chi connectivity index (χ4n) is 9.82. The largest absolute Gasteiger partial charge is 0.489 e. The molecule has 19 nitrogen and oxygen atoms in total. The Balaban J connectivity index is 1.98. The minimum absolute atomic E-state index is 0.0919. The molecule has 19 heteroatoms. The number of carbonyl (C=O) groups excluding carboxylic acids is 11. The number of ether oxygens (including phenoxy) is 8. The zero-order valence-corrected chi connectivity index (χ0v) is 51.3. The van der Waals surface area contributed by atoms with Gasteiger partial charge in [0.1, 0.15) is 112 Å². The third-order valence-electron chi connectivity index (χ3n) is 13.6. The molecule has 0 fully saturated rings. The van der Waals surface area contributed by atoms with E-state index in [9.17, 15) is 52.7 Å². The molecule has 8 bridgehead atoms. The van der Waals surface area contributed by atoms with Crippen LogP contribution in [0.25, 0.3) is 0 Å². The summed E-state index contributed by atoms with van der Waals surface area (Å²) in [6.45, 7) is 14.4. The smallest absolute Gasteiger partial charge is 0.333 e. The van der Waals surface area contributed by atoms with Crippen molar-refractivity contribution in [1.29, 1.82) is 0 Å². The molecular formula is C68H80O19. The summed E-state index contributed by atoms with van der Waals surface area (Å²) < 4.78 is 48.4. The van der Waals surface area contributed by atoms with Gasteiger partial charge in [-0.05, 0) is 146 Å². The zero-order valence-electron chi connectivity index (χ0n) is 51.3. The molecule has 87 heavy (non-hydrogen) atoms. The van der Waals surface area contributed by atoms with Crippen molar-refractivity contribution in [1.82, 2.24) is 0 Å². The van der Waals surface area contributed by atoms with Crippen molar-refractivity contribution in [2.24, 2.45) is 0 Å². The average molecular weight is 1200 g/mol. The molecule has 0 aromatic heterocycles. The number of ketones is 7. The Kier molecular flexibility index (Phi) is 27.4. The SMILES string of the molecule is C=C(C)C(=O)OCCOc1c2cc(C(=O)CCC)cc1Cc1cc(C(=O)CCC)cc(c1OCCOC(=O)CC(C)=O)Cc1cc(C(=O)CCC)cc(c1OCCOC(=O)CC(C)=O)Cc1cc(C(=O)CCC)cc(c1OCCOC(=O)CC(C)=O)C2. The highest BCUT2D eigenvalue weighted by atomic mass is 16.6. The van der Waals surface area contributed by atoms with Gasteiger partial charge in [-0.25, -0.2) is 4.79 Å². The molecule has 1 aliphatic carbocycles. The summed E-state index contributed by atoms with van der Waals surface area (Å²) in [7, 11) is 0. The van der Waals surface area contributed by atoms with Crippen LogP contribution < -0.4 is 18.9 Å². The van der Waals surface area contributed by atoms with Crippen molar-refractivity contribution in [3.05, 3.63) is 127 Å². The van der Waals surface area contributed by atoms with Crippen LogP contribution in [0.3, 0.4) is 0 Å². The summed E-state index contributed by atoms with van der Waals surface area (Å²) >= 11 is 0. The van der Waals surface area contributed by atoms with Gasteiger partial charge in [0, 0.05) is 79.2 Å². The highest BCUT2D eigenvalue weighted by Gasteiger charge is 2.28. The molecule has 0 atom stereocenters. The number of carbonyl (C=O) groups is 11. The van der Waals surface area contributed by atoms with E-state index in [1.165, 1.54) is 27.7 Å². The molecule has 466 valence electrons.